The Balaban J connectivity index is 1.37. The van der Waals surface area contributed by atoms with E-state index >= 15 is 0 Å². The van der Waals surface area contributed by atoms with Gasteiger partial charge in [-0.2, -0.15) is 0 Å². The molecule has 2 aliphatic heterocycles. The lowest BCUT2D eigenvalue weighted by molar-refractivity contribution is -0.143. The SMILES string of the molecule is CCOC(=O)CC(NC(=O)CN1CCN(c2ccc(/C(N)=N\O)cc2)C(=O)C1)c1ccc2c(c1)OCO2. The number of oxime groups is 1. The third kappa shape index (κ3) is 6.28. The van der Waals surface area contributed by atoms with Crippen molar-refractivity contribution < 1.29 is 33.8 Å². The third-order valence-electron chi connectivity index (χ3n) is 6.06. The van der Waals surface area contributed by atoms with Gasteiger partial charge in [0.2, 0.25) is 18.6 Å². The summed E-state index contributed by atoms with van der Waals surface area (Å²) in [4.78, 5) is 41.3. The van der Waals surface area contributed by atoms with Crippen LogP contribution in [0, 0.1) is 0 Å². The Morgan fingerprint density at radius 3 is 2.62 bits per heavy atom. The van der Waals surface area contributed by atoms with E-state index in [4.69, 9.17) is 25.2 Å². The Morgan fingerprint density at radius 1 is 1.16 bits per heavy atom. The van der Waals surface area contributed by atoms with Crippen LogP contribution in [0.15, 0.2) is 47.6 Å². The fourth-order valence-electron chi connectivity index (χ4n) is 4.21. The summed E-state index contributed by atoms with van der Waals surface area (Å²) >= 11 is 0. The molecule has 1 atom stereocenters. The summed E-state index contributed by atoms with van der Waals surface area (Å²) in [7, 11) is 0. The molecule has 2 aromatic carbocycles. The first kappa shape index (κ1) is 25.8. The van der Waals surface area contributed by atoms with Gasteiger partial charge in [0.1, 0.15) is 0 Å². The van der Waals surface area contributed by atoms with Crippen LogP contribution in [0.5, 0.6) is 11.5 Å². The van der Waals surface area contributed by atoms with Gasteiger partial charge in [-0.25, -0.2) is 0 Å². The van der Waals surface area contributed by atoms with E-state index in [-0.39, 0.29) is 50.6 Å². The molecular weight excluding hydrogens is 482 g/mol. The van der Waals surface area contributed by atoms with E-state index in [0.717, 1.165) is 0 Å². The van der Waals surface area contributed by atoms with Gasteiger partial charge in [-0.15, -0.1) is 0 Å². The zero-order valence-electron chi connectivity index (χ0n) is 20.4. The van der Waals surface area contributed by atoms with Gasteiger partial charge in [0, 0.05) is 24.3 Å². The molecule has 0 aromatic heterocycles. The highest BCUT2D eigenvalue weighted by Crippen LogP contribution is 2.35. The second kappa shape index (κ2) is 11.6. The number of fused-ring (bicyclic) bond motifs is 1. The van der Waals surface area contributed by atoms with Crippen LogP contribution in [-0.4, -0.2) is 73.3 Å². The molecule has 1 fully saturated rings. The standard InChI is InChI=1S/C25H29N5O7/c1-2-35-24(33)12-19(17-5-8-20-21(11-17)37-15-36-20)27-22(31)13-29-9-10-30(23(32)14-29)18-6-3-16(4-7-18)25(26)28-34/h3-8,11,19,34H,2,9-10,12-15H2,1H3,(H2,26,28)(H,27,31). The number of carbonyl (C=O) groups excluding carboxylic acids is 3. The molecular formula is C25H29N5O7. The number of anilines is 1. The third-order valence-corrected chi connectivity index (χ3v) is 6.06. The van der Waals surface area contributed by atoms with Crippen LogP contribution in [0.3, 0.4) is 0 Å². The average molecular weight is 512 g/mol. The molecule has 12 heteroatoms. The van der Waals surface area contributed by atoms with Crippen LogP contribution in [-0.2, 0) is 19.1 Å². The van der Waals surface area contributed by atoms with Crippen LogP contribution >= 0.6 is 0 Å². The highest BCUT2D eigenvalue weighted by Gasteiger charge is 2.28. The smallest absolute Gasteiger partial charge is 0.308 e. The van der Waals surface area contributed by atoms with E-state index in [9.17, 15) is 14.4 Å². The molecule has 1 unspecified atom stereocenters. The van der Waals surface area contributed by atoms with E-state index in [0.29, 0.717) is 41.4 Å². The van der Waals surface area contributed by atoms with Crippen molar-refractivity contribution in [2.75, 3.05) is 44.5 Å². The van der Waals surface area contributed by atoms with Crippen molar-refractivity contribution in [2.24, 2.45) is 10.9 Å². The molecule has 2 amide bonds. The van der Waals surface area contributed by atoms with Crippen LogP contribution in [0.2, 0.25) is 0 Å². The normalized spacial score (nSPS) is 16.4. The van der Waals surface area contributed by atoms with Crippen molar-refractivity contribution in [3.05, 3.63) is 53.6 Å². The number of ether oxygens (including phenoxy) is 3. The molecule has 2 heterocycles. The Morgan fingerprint density at radius 2 is 1.92 bits per heavy atom. The first-order valence-electron chi connectivity index (χ1n) is 11.8. The van der Waals surface area contributed by atoms with Gasteiger partial charge in [0.05, 0.1) is 32.2 Å². The number of piperazine rings is 1. The quantitative estimate of drug-likeness (QED) is 0.147. The van der Waals surface area contributed by atoms with Gasteiger partial charge in [-0.1, -0.05) is 11.2 Å². The zero-order valence-corrected chi connectivity index (χ0v) is 20.4. The maximum atomic E-state index is 12.9. The summed E-state index contributed by atoms with van der Waals surface area (Å²) in [6, 6.07) is 11.4. The number of rotatable bonds is 9. The van der Waals surface area contributed by atoms with Crippen LogP contribution < -0.4 is 25.4 Å². The Labute approximate surface area is 213 Å². The van der Waals surface area contributed by atoms with E-state index < -0.39 is 12.0 Å². The molecule has 2 aliphatic rings. The van der Waals surface area contributed by atoms with Crippen molar-refractivity contribution in [3.63, 3.8) is 0 Å². The summed E-state index contributed by atoms with van der Waals surface area (Å²) in [6.45, 7) is 2.99. The van der Waals surface area contributed by atoms with Gasteiger partial charge in [0.15, 0.2) is 17.3 Å². The van der Waals surface area contributed by atoms with Crippen molar-refractivity contribution in [2.45, 2.75) is 19.4 Å². The molecule has 0 aliphatic carbocycles. The predicted molar refractivity (Wildman–Crippen MR) is 132 cm³/mol. The van der Waals surface area contributed by atoms with Gasteiger partial charge in [0.25, 0.3) is 0 Å². The molecule has 12 nitrogen and oxygen atoms in total. The number of carbonyl (C=O) groups is 3. The van der Waals surface area contributed by atoms with Crippen LogP contribution in [0.1, 0.15) is 30.5 Å². The molecule has 4 rings (SSSR count). The zero-order chi connectivity index (χ0) is 26.4. The van der Waals surface area contributed by atoms with E-state index in [1.54, 1.807) is 59.2 Å². The van der Waals surface area contributed by atoms with E-state index in [1.807, 2.05) is 0 Å². The number of amides is 2. The number of benzene rings is 2. The summed E-state index contributed by atoms with van der Waals surface area (Å²) in [6.07, 6.45) is -0.0482. The molecule has 0 spiro atoms. The van der Waals surface area contributed by atoms with E-state index in [2.05, 4.69) is 10.5 Å². The minimum Gasteiger partial charge on any atom is -0.466 e. The largest absolute Gasteiger partial charge is 0.466 e. The highest BCUT2D eigenvalue weighted by atomic mass is 16.7. The molecule has 0 radical (unpaired) electrons. The second-order valence-corrected chi connectivity index (χ2v) is 8.53. The van der Waals surface area contributed by atoms with Crippen molar-refractivity contribution in [1.82, 2.24) is 10.2 Å². The van der Waals surface area contributed by atoms with Gasteiger partial charge >= 0.3 is 5.97 Å². The highest BCUT2D eigenvalue weighted by molar-refractivity contribution is 5.99. The summed E-state index contributed by atoms with van der Waals surface area (Å²) < 4.78 is 15.8. The maximum Gasteiger partial charge on any atom is 0.308 e. The number of nitrogens with one attached hydrogen (secondary N) is 1. The molecule has 0 bridgehead atoms. The monoisotopic (exact) mass is 511 g/mol. The molecule has 4 N–H and O–H groups in total. The van der Waals surface area contributed by atoms with Gasteiger partial charge < -0.3 is 35.4 Å². The van der Waals surface area contributed by atoms with Gasteiger partial charge in [-0.3, -0.25) is 19.3 Å². The Bertz CT molecular complexity index is 1180. The number of nitrogens with two attached hydrogens (primary N) is 1. The average Bonchev–Trinajstić information content (AvgIpc) is 3.36. The molecule has 37 heavy (non-hydrogen) atoms. The summed E-state index contributed by atoms with van der Waals surface area (Å²) in [5, 5.41) is 14.7. The lowest BCUT2D eigenvalue weighted by Gasteiger charge is -2.34. The second-order valence-electron chi connectivity index (χ2n) is 8.53. The van der Waals surface area contributed by atoms with Crippen molar-refractivity contribution in [1.29, 1.82) is 0 Å². The molecule has 2 aromatic rings. The number of esters is 1. The minimum atomic E-state index is -0.633. The van der Waals surface area contributed by atoms with Crippen molar-refractivity contribution >= 4 is 29.3 Å². The maximum absolute atomic E-state index is 12.9. The number of amidine groups is 1. The fraction of sp³-hybridized carbons (Fsp3) is 0.360. The molecule has 1 saturated heterocycles. The Kier molecular flexibility index (Phi) is 8.08. The fourth-order valence-corrected chi connectivity index (χ4v) is 4.21. The molecule has 0 saturated carbocycles. The summed E-state index contributed by atoms with van der Waals surface area (Å²) in [5.74, 6) is 0.205. The minimum absolute atomic E-state index is 0.00804. The lowest BCUT2D eigenvalue weighted by atomic mass is 10.0. The lowest BCUT2D eigenvalue weighted by Crippen LogP contribution is -2.53. The molecule has 196 valence electrons. The van der Waals surface area contributed by atoms with Gasteiger partial charge in [-0.05, 0) is 48.9 Å². The first-order chi connectivity index (χ1) is 17.9. The number of hydrogen-bond acceptors (Lipinski definition) is 9. The number of nitrogens with zero attached hydrogens (tertiary/aromatic N) is 3. The summed E-state index contributed by atoms with van der Waals surface area (Å²) in [5.41, 5.74) is 7.49. The van der Waals surface area contributed by atoms with Crippen molar-refractivity contribution in [3.8, 4) is 11.5 Å². The first-order valence-corrected chi connectivity index (χ1v) is 11.8. The predicted octanol–water partition coefficient (Wildman–Crippen LogP) is 0.969. The van der Waals surface area contributed by atoms with E-state index in [1.165, 1.54) is 0 Å². The number of hydrogen-bond donors (Lipinski definition) is 3. The topological polar surface area (TPSA) is 156 Å². The Hall–Kier alpha value is -4.32. The van der Waals surface area contributed by atoms with Crippen LogP contribution in [0.25, 0.3) is 0 Å². The van der Waals surface area contributed by atoms with Crippen LogP contribution in [0.4, 0.5) is 5.69 Å².